The molecular formula is C12H16N2O4S. The van der Waals surface area contributed by atoms with Crippen LogP contribution in [0.1, 0.15) is 6.42 Å². The van der Waals surface area contributed by atoms with Crippen molar-refractivity contribution in [3.8, 4) is 0 Å². The first kappa shape index (κ1) is 14.0. The summed E-state index contributed by atoms with van der Waals surface area (Å²) in [6.45, 7) is 0.370. The number of sulfonamides is 1. The second-order valence-corrected chi connectivity index (χ2v) is 6.35. The standard InChI is InChI=1S/C12H16N2O4S/c1-13-19(17,18)11-4-2-3-10(6-11)14-7-9(8-15)5-12(14)16/h2-4,6,9,13,15H,5,7-8H2,1H3. The van der Waals surface area contributed by atoms with Crippen molar-refractivity contribution in [1.29, 1.82) is 0 Å². The van der Waals surface area contributed by atoms with E-state index in [0.29, 0.717) is 18.7 Å². The number of hydrogen-bond donors (Lipinski definition) is 2. The third kappa shape index (κ3) is 2.78. The molecule has 1 heterocycles. The molecule has 2 rings (SSSR count). The summed E-state index contributed by atoms with van der Waals surface area (Å²) in [7, 11) is -2.19. The third-order valence-corrected chi connectivity index (χ3v) is 4.58. The molecule has 1 fully saturated rings. The fraction of sp³-hybridized carbons (Fsp3) is 0.417. The first-order valence-corrected chi connectivity index (χ1v) is 7.41. The van der Waals surface area contributed by atoms with Crippen molar-refractivity contribution in [2.75, 3.05) is 25.1 Å². The van der Waals surface area contributed by atoms with Gasteiger partial charge in [0, 0.05) is 31.2 Å². The van der Waals surface area contributed by atoms with Crippen molar-refractivity contribution in [3.05, 3.63) is 24.3 Å². The Kier molecular flexibility index (Phi) is 3.88. The molecular weight excluding hydrogens is 268 g/mol. The van der Waals surface area contributed by atoms with E-state index in [9.17, 15) is 13.2 Å². The monoisotopic (exact) mass is 284 g/mol. The fourth-order valence-electron chi connectivity index (χ4n) is 2.09. The normalized spacial score (nSPS) is 20.0. The third-order valence-electron chi connectivity index (χ3n) is 3.17. The maximum Gasteiger partial charge on any atom is 0.240 e. The number of aliphatic hydroxyl groups excluding tert-OH is 1. The number of amides is 1. The Morgan fingerprint density at radius 1 is 1.47 bits per heavy atom. The largest absolute Gasteiger partial charge is 0.396 e. The predicted molar refractivity (Wildman–Crippen MR) is 70.2 cm³/mol. The minimum atomic E-state index is -3.52. The molecule has 1 saturated heterocycles. The van der Waals surface area contributed by atoms with Crippen LogP contribution in [0.3, 0.4) is 0 Å². The number of benzene rings is 1. The lowest BCUT2D eigenvalue weighted by atomic mass is 10.1. The Morgan fingerprint density at radius 2 is 2.21 bits per heavy atom. The highest BCUT2D eigenvalue weighted by molar-refractivity contribution is 7.89. The van der Waals surface area contributed by atoms with Crippen molar-refractivity contribution in [2.24, 2.45) is 5.92 Å². The topological polar surface area (TPSA) is 86.7 Å². The van der Waals surface area contributed by atoms with E-state index >= 15 is 0 Å². The van der Waals surface area contributed by atoms with Gasteiger partial charge in [-0.15, -0.1) is 0 Å². The lowest BCUT2D eigenvalue weighted by molar-refractivity contribution is -0.117. The summed E-state index contributed by atoms with van der Waals surface area (Å²) >= 11 is 0. The fourth-order valence-corrected chi connectivity index (χ4v) is 2.86. The molecule has 104 valence electrons. The molecule has 1 amide bonds. The van der Waals surface area contributed by atoms with E-state index in [1.807, 2.05) is 0 Å². The molecule has 2 N–H and O–H groups in total. The summed E-state index contributed by atoms with van der Waals surface area (Å²) in [5.74, 6) is -0.185. The molecule has 1 unspecified atom stereocenters. The maximum absolute atomic E-state index is 11.8. The van der Waals surface area contributed by atoms with Gasteiger partial charge in [0.2, 0.25) is 15.9 Å². The van der Waals surface area contributed by atoms with Crippen molar-refractivity contribution >= 4 is 21.6 Å². The van der Waals surface area contributed by atoms with Crippen LogP contribution in [0.15, 0.2) is 29.2 Å². The van der Waals surface area contributed by atoms with Gasteiger partial charge < -0.3 is 10.0 Å². The minimum Gasteiger partial charge on any atom is -0.396 e. The molecule has 0 aliphatic carbocycles. The van der Waals surface area contributed by atoms with Gasteiger partial charge in [-0.1, -0.05) is 6.07 Å². The van der Waals surface area contributed by atoms with Crippen molar-refractivity contribution in [1.82, 2.24) is 4.72 Å². The summed E-state index contributed by atoms with van der Waals surface area (Å²) in [6.07, 6.45) is 0.291. The number of hydrogen-bond acceptors (Lipinski definition) is 4. The summed E-state index contributed by atoms with van der Waals surface area (Å²) < 4.78 is 25.7. The highest BCUT2D eigenvalue weighted by Crippen LogP contribution is 2.26. The van der Waals surface area contributed by atoms with Crippen LogP contribution in [0.25, 0.3) is 0 Å². The van der Waals surface area contributed by atoms with Gasteiger partial charge in [0.05, 0.1) is 4.90 Å². The summed E-state index contributed by atoms with van der Waals surface area (Å²) in [6, 6.07) is 6.22. The van der Waals surface area contributed by atoms with E-state index in [-0.39, 0.29) is 23.3 Å². The van der Waals surface area contributed by atoms with Gasteiger partial charge >= 0.3 is 0 Å². The molecule has 19 heavy (non-hydrogen) atoms. The predicted octanol–water partition coefficient (Wildman–Crippen LogP) is -0.0601. The molecule has 0 spiro atoms. The number of carbonyl (C=O) groups excluding carboxylic acids is 1. The molecule has 1 atom stereocenters. The van der Waals surface area contributed by atoms with Gasteiger partial charge in [-0.3, -0.25) is 4.79 Å². The van der Waals surface area contributed by atoms with Gasteiger partial charge in [0.25, 0.3) is 0 Å². The maximum atomic E-state index is 11.8. The molecule has 1 aromatic carbocycles. The Labute approximate surface area is 112 Å². The van der Waals surface area contributed by atoms with Gasteiger partial charge in [0.1, 0.15) is 0 Å². The zero-order valence-electron chi connectivity index (χ0n) is 10.5. The van der Waals surface area contributed by atoms with Crippen molar-refractivity contribution < 1.29 is 18.3 Å². The summed E-state index contributed by atoms with van der Waals surface area (Å²) in [5.41, 5.74) is 0.539. The van der Waals surface area contributed by atoms with E-state index < -0.39 is 10.0 Å². The van der Waals surface area contributed by atoms with Crippen LogP contribution in [0.2, 0.25) is 0 Å². The quantitative estimate of drug-likeness (QED) is 0.811. The zero-order chi connectivity index (χ0) is 14.0. The van der Waals surface area contributed by atoms with E-state index in [0.717, 1.165) is 0 Å². The number of nitrogens with one attached hydrogen (secondary N) is 1. The molecule has 6 nitrogen and oxygen atoms in total. The number of carbonyl (C=O) groups is 1. The molecule has 0 saturated carbocycles. The first-order chi connectivity index (χ1) is 8.97. The summed E-state index contributed by atoms with van der Waals surface area (Å²) in [5, 5.41) is 9.09. The molecule has 0 radical (unpaired) electrons. The van der Waals surface area contributed by atoms with Crippen LogP contribution in [0, 0.1) is 5.92 Å². The highest BCUT2D eigenvalue weighted by Gasteiger charge is 2.30. The van der Waals surface area contributed by atoms with Crippen LogP contribution in [0.5, 0.6) is 0 Å². The summed E-state index contributed by atoms with van der Waals surface area (Å²) in [4.78, 5) is 13.5. The van der Waals surface area contributed by atoms with Crippen LogP contribution in [0.4, 0.5) is 5.69 Å². The van der Waals surface area contributed by atoms with Gasteiger partial charge in [0.15, 0.2) is 0 Å². The lowest BCUT2D eigenvalue weighted by Crippen LogP contribution is -2.25. The van der Waals surface area contributed by atoms with Gasteiger partial charge in [-0.05, 0) is 25.2 Å². The molecule has 1 aliphatic heterocycles. The lowest BCUT2D eigenvalue weighted by Gasteiger charge is -2.17. The average molecular weight is 284 g/mol. The Bertz CT molecular complexity index is 585. The average Bonchev–Trinajstić information content (AvgIpc) is 2.80. The number of aliphatic hydroxyl groups is 1. The van der Waals surface area contributed by atoms with Crippen molar-refractivity contribution in [2.45, 2.75) is 11.3 Å². The van der Waals surface area contributed by atoms with Gasteiger partial charge in [-0.25, -0.2) is 13.1 Å². The van der Waals surface area contributed by atoms with Gasteiger partial charge in [-0.2, -0.15) is 0 Å². The van der Waals surface area contributed by atoms with E-state index in [4.69, 9.17) is 5.11 Å². The zero-order valence-corrected chi connectivity index (χ0v) is 11.4. The van der Waals surface area contributed by atoms with Crippen LogP contribution in [-0.2, 0) is 14.8 Å². The molecule has 0 bridgehead atoms. The van der Waals surface area contributed by atoms with Crippen LogP contribution >= 0.6 is 0 Å². The highest BCUT2D eigenvalue weighted by atomic mass is 32.2. The number of anilines is 1. The van der Waals surface area contributed by atoms with Crippen LogP contribution in [-0.4, -0.2) is 39.6 Å². The van der Waals surface area contributed by atoms with E-state index in [1.165, 1.54) is 24.1 Å². The number of nitrogens with zero attached hydrogens (tertiary/aromatic N) is 1. The van der Waals surface area contributed by atoms with E-state index in [1.54, 1.807) is 12.1 Å². The second-order valence-electron chi connectivity index (χ2n) is 4.46. The molecule has 1 aromatic rings. The smallest absolute Gasteiger partial charge is 0.240 e. The van der Waals surface area contributed by atoms with Crippen molar-refractivity contribution in [3.63, 3.8) is 0 Å². The SMILES string of the molecule is CNS(=O)(=O)c1cccc(N2CC(CO)CC2=O)c1. The Balaban J connectivity index is 2.32. The Morgan fingerprint density at radius 3 is 2.79 bits per heavy atom. The minimum absolute atomic E-state index is 0.0449. The molecule has 1 aliphatic rings. The Hall–Kier alpha value is -1.44. The molecule has 7 heteroatoms. The molecule has 0 aromatic heterocycles. The van der Waals surface area contributed by atoms with Crippen LogP contribution < -0.4 is 9.62 Å². The second kappa shape index (κ2) is 5.28. The van der Waals surface area contributed by atoms with E-state index in [2.05, 4.69) is 4.72 Å². The first-order valence-electron chi connectivity index (χ1n) is 5.93. The number of rotatable bonds is 4.